The fourth-order valence-electron chi connectivity index (χ4n) is 1.19. The van der Waals surface area contributed by atoms with Crippen molar-refractivity contribution in [2.75, 3.05) is 0 Å². The van der Waals surface area contributed by atoms with Gasteiger partial charge in [-0.15, -0.1) is 5.10 Å². The Balaban J connectivity index is 2.19. The molecule has 1 N–H and O–H groups in total. The molecule has 0 amide bonds. The van der Waals surface area contributed by atoms with E-state index in [2.05, 4.69) is 10.2 Å². The number of rotatable bonds is 2. The second-order valence-corrected chi connectivity index (χ2v) is 4.14. The van der Waals surface area contributed by atoms with Crippen molar-refractivity contribution in [3.63, 3.8) is 0 Å². The van der Waals surface area contributed by atoms with Crippen molar-refractivity contribution in [2.24, 2.45) is 7.05 Å². The Kier molecular flexibility index (Phi) is 2.28. The largest absolute Gasteiger partial charge is 0.343 e. The molecule has 74 valence electrons. The maximum absolute atomic E-state index is 11.0. The van der Waals surface area contributed by atoms with Gasteiger partial charge >= 0.3 is 5.69 Å². The highest BCUT2D eigenvalue weighted by Crippen LogP contribution is 2.30. The van der Waals surface area contributed by atoms with Gasteiger partial charge in [-0.1, -0.05) is 11.8 Å². The van der Waals surface area contributed by atoms with Crippen LogP contribution in [-0.2, 0) is 11.8 Å². The van der Waals surface area contributed by atoms with Crippen LogP contribution in [0.15, 0.2) is 20.9 Å². The summed E-state index contributed by atoms with van der Waals surface area (Å²) in [5, 5.41) is 6.78. The third-order valence-corrected chi connectivity index (χ3v) is 3.13. The molecule has 0 unspecified atom stereocenters. The van der Waals surface area contributed by atoms with Crippen molar-refractivity contribution < 1.29 is 4.79 Å². The Morgan fingerprint density at radius 3 is 2.79 bits per heavy atom. The zero-order chi connectivity index (χ0) is 10.1. The first kappa shape index (κ1) is 9.26. The van der Waals surface area contributed by atoms with Crippen molar-refractivity contribution in [2.45, 2.75) is 18.0 Å². The normalized spacial score (nSPS) is 16.1. The summed E-state index contributed by atoms with van der Waals surface area (Å²) in [7, 11) is 1.64. The zero-order valence-corrected chi connectivity index (χ0v) is 8.43. The van der Waals surface area contributed by atoms with E-state index in [1.54, 1.807) is 13.1 Å². The van der Waals surface area contributed by atoms with Crippen molar-refractivity contribution in [1.29, 1.82) is 0 Å². The molecule has 0 spiro atoms. The topological polar surface area (TPSA) is 67.8 Å². The second-order valence-electron chi connectivity index (χ2n) is 3.05. The highest BCUT2D eigenvalue weighted by Gasteiger charge is 2.15. The Morgan fingerprint density at radius 2 is 2.29 bits per heavy atom. The molecule has 1 aromatic heterocycles. The lowest BCUT2D eigenvalue weighted by molar-refractivity contribution is -0.114. The van der Waals surface area contributed by atoms with Crippen molar-refractivity contribution >= 4 is 17.5 Å². The molecule has 6 heteroatoms. The number of ketones is 1. The lowest BCUT2D eigenvalue weighted by atomic mass is 10.3. The third-order valence-electron chi connectivity index (χ3n) is 2.00. The van der Waals surface area contributed by atoms with Crippen LogP contribution in [0.5, 0.6) is 0 Å². The zero-order valence-electron chi connectivity index (χ0n) is 7.61. The van der Waals surface area contributed by atoms with E-state index in [1.807, 2.05) is 0 Å². The molecule has 0 aromatic carbocycles. The van der Waals surface area contributed by atoms with Gasteiger partial charge in [0, 0.05) is 13.5 Å². The smallest absolute Gasteiger partial charge is 0.295 e. The van der Waals surface area contributed by atoms with Crippen molar-refractivity contribution in [1.82, 2.24) is 14.8 Å². The van der Waals surface area contributed by atoms with Crippen LogP contribution >= 0.6 is 11.8 Å². The van der Waals surface area contributed by atoms with Gasteiger partial charge in [-0.2, -0.15) is 0 Å². The fraction of sp³-hybridized carbons (Fsp3) is 0.375. The molecule has 1 heterocycles. The molecule has 0 fully saturated rings. The minimum absolute atomic E-state index is 0.146. The van der Waals surface area contributed by atoms with Gasteiger partial charge in [0.05, 0.1) is 0 Å². The first-order valence-corrected chi connectivity index (χ1v) is 5.01. The maximum atomic E-state index is 11.0. The fourth-order valence-corrected chi connectivity index (χ4v) is 2.13. The van der Waals surface area contributed by atoms with E-state index >= 15 is 0 Å². The standard InChI is InChI=1S/C8H9N3O2S/c1-11-7(13)9-10-8(11)14-6-3-2-5(12)4-6/h4H,2-3H2,1H3,(H,9,13). The summed E-state index contributed by atoms with van der Waals surface area (Å²) in [6.07, 6.45) is 2.94. The highest BCUT2D eigenvalue weighted by molar-refractivity contribution is 8.03. The number of hydrogen-bond acceptors (Lipinski definition) is 4. The van der Waals surface area contributed by atoms with E-state index in [0.717, 1.165) is 11.3 Å². The molecular weight excluding hydrogens is 202 g/mol. The van der Waals surface area contributed by atoms with Crippen LogP contribution in [0.3, 0.4) is 0 Å². The number of hydrogen-bond donors (Lipinski definition) is 1. The summed E-state index contributed by atoms with van der Waals surface area (Å²) >= 11 is 1.36. The summed E-state index contributed by atoms with van der Waals surface area (Å²) in [4.78, 5) is 22.9. The molecule has 0 saturated carbocycles. The minimum Gasteiger partial charge on any atom is -0.295 e. The number of nitrogens with zero attached hydrogens (tertiary/aromatic N) is 2. The number of aromatic nitrogens is 3. The van der Waals surface area contributed by atoms with E-state index in [0.29, 0.717) is 11.6 Å². The molecule has 1 aliphatic carbocycles. The van der Waals surface area contributed by atoms with E-state index in [4.69, 9.17) is 0 Å². The number of carbonyl (C=O) groups excluding carboxylic acids is 1. The highest BCUT2D eigenvalue weighted by atomic mass is 32.2. The van der Waals surface area contributed by atoms with Crippen molar-refractivity contribution in [3.8, 4) is 0 Å². The summed E-state index contributed by atoms with van der Waals surface area (Å²) in [5.41, 5.74) is -0.238. The van der Waals surface area contributed by atoms with Crippen LogP contribution in [0.2, 0.25) is 0 Å². The lowest BCUT2D eigenvalue weighted by Gasteiger charge is -1.98. The average molecular weight is 211 g/mol. The molecule has 0 bridgehead atoms. The Morgan fingerprint density at radius 1 is 1.50 bits per heavy atom. The SMILES string of the molecule is Cn1c(SC2=CC(=O)CC2)n[nH]c1=O. The molecule has 0 atom stereocenters. The molecule has 14 heavy (non-hydrogen) atoms. The van der Waals surface area contributed by atoms with Crippen LogP contribution < -0.4 is 5.69 Å². The van der Waals surface area contributed by atoms with Crippen LogP contribution in [-0.4, -0.2) is 20.5 Å². The molecule has 2 rings (SSSR count). The maximum Gasteiger partial charge on any atom is 0.343 e. The summed E-state index contributed by atoms with van der Waals surface area (Å²) in [5.74, 6) is 0.146. The van der Waals surface area contributed by atoms with Crippen LogP contribution in [0, 0.1) is 0 Å². The van der Waals surface area contributed by atoms with Gasteiger partial charge < -0.3 is 0 Å². The lowest BCUT2D eigenvalue weighted by Crippen LogP contribution is -2.12. The van der Waals surface area contributed by atoms with E-state index in [-0.39, 0.29) is 11.5 Å². The third kappa shape index (κ3) is 1.65. The number of thioether (sulfide) groups is 1. The van der Waals surface area contributed by atoms with Gasteiger partial charge in [-0.25, -0.2) is 9.89 Å². The van der Waals surface area contributed by atoms with Gasteiger partial charge in [0.15, 0.2) is 10.9 Å². The molecule has 0 radical (unpaired) electrons. The monoisotopic (exact) mass is 211 g/mol. The number of nitrogens with one attached hydrogen (secondary N) is 1. The Labute approximate surface area is 84.2 Å². The molecule has 1 aromatic rings. The second kappa shape index (κ2) is 3.45. The van der Waals surface area contributed by atoms with Gasteiger partial charge in [0.1, 0.15) is 0 Å². The number of aromatic amines is 1. The first-order valence-electron chi connectivity index (χ1n) is 4.19. The van der Waals surface area contributed by atoms with Crippen LogP contribution in [0.1, 0.15) is 12.8 Å². The molecular formula is C8H9N3O2S. The Bertz CT molecular complexity index is 457. The number of carbonyl (C=O) groups is 1. The Hall–Kier alpha value is -1.30. The molecule has 1 aliphatic rings. The number of H-pyrrole nitrogens is 1. The van der Waals surface area contributed by atoms with Crippen molar-refractivity contribution in [3.05, 3.63) is 21.5 Å². The minimum atomic E-state index is -0.238. The van der Waals surface area contributed by atoms with Gasteiger partial charge in [-0.05, 0) is 17.4 Å². The quantitative estimate of drug-likeness (QED) is 0.771. The van der Waals surface area contributed by atoms with E-state index in [9.17, 15) is 9.59 Å². The first-order chi connectivity index (χ1) is 6.66. The van der Waals surface area contributed by atoms with Crippen LogP contribution in [0.4, 0.5) is 0 Å². The average Bonchev–Trinajstić information content (AvgIpc) is 2.67. The van der Waals surface area contributed by atoms with Gasteiger partial charge in [0.25, 0.3) is 0 Å². The predicted molar refractivity (Wildman–Crippen MR) is 52.0 cm³/mol. The van der Waals surface area contributed by atoms with E-state index < -0.39 is 0 Å². The molecule has 5 nitrogen and oxygen atoms in total. The van der Waals surface area contributed by atoms with Gasteiger partial charge in [0.2, 0.25) is 0 Å². The van der Waals surface area contributed by atoms with Gasteiger partial charge in [-0.3, -0.25) is 9.36 Å². The number of allylic oxidation sites excluding steroid dienone is 2. The summed E-state index contributed by atoms with van der Waals surface area (Å²) in [6.45, 7) is 0. The summed E-state index contributed by atoms with van der Waals surface area (Å²) in [6, 6.07) is 0. The predicted octanol–water partition coefficient (Wildman–Crippen LogP) is 0.447. The van der Waals surface area contributed by atoms with E-state index in [1.165, 1.54) is 16.3 Å². The molecule has 0 aliphatic heterocycles. The molecule has 0 saturated heterocycles. The summed E-state index contributed by atoms with van der Waals surface area (Å²) < 4.78 is 1.42. The van der Waals surface area contributed by atoms with Crippen LogP contribution in [0.25, 0.3) is 0 Å².